The first kappa shape index (κ1) is 57.6. The Bertz CT molecular complexity index is 3550. The minimum atomic E-state index is -4.84. The standard InChI is InChI=1S/C39H39F4N2O4P.C25H26F4N2O/c1-2-37-20-21-38(39(41,42)43,49-50(46,47-26-28-10-5-3-6-11-28)48-27-29-12-7-4-8-13-29)24-32(37)15-9-14-30-23-36-31(22-35(30)37)25-44-45(36)34-18-16-33(40)17-19-34;1-2-23-10-11-24(32,25(27,28)29)14-18(23)5-3-4-16-13-22-17(12-21(16)23)15-30-31(22)20-8-6-19(26)7-9-20/h3-8,10-13,16-19,22-23,25,32H,2,9,14-15,20-21,24,26-27H2,1H3;6-9,12-13,15,18,32H,2-5,10-11,14H2,1H3/t32-,37-,38-;18-,23-,24-/m00/s1. The number of rotatable bonds is 12. The number of benzene rings is 6. The predicted octanol–water partition coefficient (Wildman–Crippen LogP) is 17.1. The highest BCUT2D eigenvalue weighted by Gasteiger charge is 2.65. The molecule has 0 aliphatic heterocycles. The zero-order valence-corrected chi connectivity index (χ0v) is 46.6. The molecular weight excluding hydrogens is 1090 g/mol. The number of phosphoric acid groups is 1. The quantitative estimate of drug-likeness (QED) is 0.0961. The molecule has 2 heterocycles. The molecule has 2 saturated carbocycles. The molecule has 0 saturated heterocycles. The number of alkyl halides is 6. The second kappa shape index (κ2) is 22.4. The number of nitrogens with zero attached hydrogens (tertiary/aromatic N) is 4. The molecule has 82 heavy (non-hydrogen) atoms. The van der Waals surface area contributed by atoms with Gasteiger partial charge in [0.05, 0.1) is 48.0 Å². The van der Waals surface area contributed by atoms with Gasteiger partial charge in [0.2, 0.25) is 0 Å². The van der Waals surface area contributed by atoms with E-state index < -0.39 is 49.1 Å². The lowest BCUT2D eigenvalue weighted by Gasteiger charge is -2.52. The summed E-state index contributed by atoms with van der Waals surface area (Å²) >= 11 is 0. The van der Waals surface area contributed by atoms with E-state index in [2.05, 4.69) is 34.5 Å². The smallest absolute Gasteiger partial charge is 0.380 e. The molecular formula is C64H65F8N4O5P. The summed E-state index contributed by atoms with van der Waals surface area (Å²) in [6.45, 7) is 3.61. The molecule has 9 nitrogen and oxygen atoms in total. The third-order valence-corrected chi connectivity index (χ3v) is 20.0. The molecule has 1 N–H and O–H groups in total. The van der Waals surface area contributed by atoms with Crippen molar-refractivity contribution in [3.8, 4) is 11.4 Å². The SMILES string of the molecule is CC[C@]12CC[C@@](O)(C(F)(F)F)C[C@@H]1CCCc1cc3c(cnn3-c3ccc(F)cc3)cc12.CC[C@]12CC[C@@](OP(=O)(OCc3ccccc3)OCc3ccccc3)(C(F)(F)F)C[C@@H]1CCCc1cc3c(cnn3-c3ccc(F)cc3)cc12. The van der Waals surface area contributed by atoms with Crippen molar-refractivity contribution in [2.24, 2.45) is 11.8 Å². The first-order chi connectivity index (χ1) is 39.2. The Labute approximate surface area is 471 Å². The topological polar surface area (TPSA) is 101 Å². The lowest BCUT2D eigenvalue weighted by atomic mass is 9.56. The maximum absolute atomic E-state index is 15.4. The Balaban J connectivity index is 0.000000189. The van der Waals surface area contributed by atoms with Gasteiger partial charge < -0.3 is 5.11 Å². The normalized spacial score (nSPS) is 24.8. The summed E-state index contributed by atoms with van der Waals surface area (Å²) in [6.07, 6.45) is -1.23. The van der Waals surface area contributed by atoms with E-state index in [1.54, 1.807) is 107 Å². The number of hydrogen-bond donors (Lipinski definition) is 1. The van der Waals surface area contributed by atoms with Crippen molar-refractivity contribution in [3.05, 3.63) is 191 Å². The molecule has 0 spiro atoms. The highest BCUT2D eigenvalue weighted by atomic mass is 31.2. The molecule has 0 unspecified atom stereocenters. The van der Waals surface area contributed by atoms with Crippen molar-refractivity contribution >= 4 is 29.6 Å². The molecule has 4 aliphatic carbocycles. The molecule has 8 aromatic rings. The summed E-state index contributed by atoms with van der Waals surface area (Å²) in [5.41, 5.74) is 2.59. The molecule has 6 aromatic carbocycles. The zero-order valence-electron chi connectivity index (χ0n) is 45.7. The van der Waals surface area contributed by atoms with E-state index in [1.165, 1.54) is 24.3 Å². The van der Waals surface area contributed by atoms with E-state index in [1.807, 2.05) is 13.8 Å². The summed E-state index contributed by atoms with van der Waals surface area (Å²) in [5.74, 6) is -1.29. The highest BCUT2D eigenvalue weighted by molar-refractivity contribution is 7.48. The summed E-state index contributed by atoms with van der Waals surface area (Å²) in [7, 11) is -4.75. The first-order valence-corrected chi connectivity index (χ1v) is 29.7. The molecule has 0 bridgehead atoms. The third kappa shape index (κ3) is 10.8. The average Bonchev–Trinajstić information content (AvgIpc) is 2.26. The second-order valence-corrected chi connectivity index (χ2v) is 24.5. The Hall–Kier alpha value is -6.23. The van der Waals surface area contributed by atoms with Gasteiger partial charge in [-0.3, -0.25) is 13.6 Å². The van der Waals surface area contributed by atoms with Gasteiger partial charge in [-0.1, -0.05) is 74.5 Å². The number of aryl methyl sites for hydroxylation is 2. The third-order valence-electron chi connectivity index (χ3n) is 18.5. The van der Waals surface area contributed by atoms with Crippen LogP contribution >= 0.6 is 7.82 Å². The molecule has 12 rings (SSSR count). The largest absolute Gasteiger partial charge is 0.476 e. The van der Waals surface area contributed by atoms with E-state index in [0.717, 1.165) is 74.7 Å². The van der Waals surface area contributed by atoms with E-state index in [-0.39, 0.29) is 61.9 Å². The summed E-state index contributed by atoms with van der Waals surface area (Å²) in [4.78, 5) is 0. The van der Waals surface area contributed by atoms with Crippen molar-refractivity contribution < 1.29 is 58.4 Å². The molecule has 0 radical (unpaired) electrons. The van der Waals surface area contributed by atoms with Crippen LogP contribution in [0, 0.1) is 23.5 Å². The van der Waals surface area contributed by atoms with Gasteiger partial charge in [-0.05, 0) is 219 Å². The fraction of sp³-hybridized carbons (Fsp3) is 0.406. The van der Waals surface area contributed by atoms with Crippen LogP contribution in [0.3, 0.4) is 0 Å². The van der Waals surface area contributed by atoms with E-state index in [9.17, 15) is 31.6 Å². The number of aliphatic hydroxyl groups is 1. The van der Waals surface area contributed by atoms with Gasteiger partial charge in [0.15, 0.2) is 11.2 Å². The maximum Gasteiger partial charge on any atom is 0.476 e. The van der Waals surface area contributed by atoms with Crippen molar-refractivity contribution in [2.45, 2.75) is 151 Å². The van der Waals surface area contributed by atoms with Crippen molar-refractivity contribution in [1.82, 2.24) is 19.6 Å². The lowest BCUT2D eigenvalue weighted by molar-refractivity contribution is -0.279. The van der Waals surface area contributed by atoms with Gasteiger partial charge in [0, 0.05) is 10.8 Å². The van der Waals surface area contributed by atoms with E-state index >= 15 is 13.2 Å². The van der Waals surface area contributed by atoms with Gasteiger partial charge in [-0.2, -0.15) is 36.5 Å². The van der Waals surface area contributed by atoms with Gasteiger partial charge in [0.1, 0.15) is 11.6 Å². The van der Waals surface area contributed by atoms with Crippen molar-refractivity contribution in [2.75, 3.05) is 0 Å². The Kier molecular flexibility index (Phi) is 15.7. The number of phosphoric ester groups is 1. The van der Waals surface area contributed by atoms with Crippen LogP contribution in [0.1, 0.15) is 124 Å². The van der Waals surface area contributed by atoms with Crippen LogP contribution in [0.15, 0.2) is 146 Å². The summed E-state index contributed by atoms with van der Waals surface area (Å²) in [5, 5.41) is 21.3. The number of fused-ring (bicyclic) bond motifs is 8. The van der Waals surface area contributed by atoms with Crippen LogP contribution in [0.25, 0.3) is 33.2 Å². The zero-order chi connectivity index (χ0) is 57.7. The second-order valence-electron chi connectivity index (χ2n) is 22.9. The molecule has 2 aromatic heterocycles. The molecule has 2 fully saturated rings. The van der Waals surface area contributed by atoms with Gasteiger partial charge in [0.25, 0.3) is 0 Å². The Morgan fingerprint density at radius 2 is 1.02 bits per heavy atom. The van der Waals surface area contributed by atoms with Gasteiger partial charge in [-0.25, -0.2) is 22.7 Å². The summed E-state index contributed by atoms with van der Waals surface area (Å²) < 4.78 is 149. The van der Waals surface area contributed by atoms with Crippen LogP contribution in [0.2, 0.25) is 0 Å². The van der Waals surface area contributed by atoms with Gasteiger partial charge in [-0.15, -0.1) is 0 Å². The first-order valence-electron chi connectivity index (χ1n) is 28.3. The minimum absolute atomic E-state index is 0.176. The van der Waals surface area contributed by atoms with Gasteiger partial charge >= 0.3 is 20.2 Å². The fourth-order valence-corrected chi connectivity index (χ4v) is 15.6. The summed E-state index contributed by atoms with van der Waals surface area (Å²) in [6, 6.07) is 38.2. The lowest BCUT2D eigenvalue weighted by Crippen LogP contribution is -2.56. The predicted molar refractivity (Wildman–Crippen MR) is 297 cm³/mol. The van der Waals surface area contributed by atoms with Crippen LogP contribution < -0.4 is 0 Å². The molecule has 18 heteroatoms. The molecule has 4 aliphatic rings. The highest BCUT2D eigenvalue weighted by Crippen LogP contribution is 2.65. The number of hydrogen-bond acceptors (Lipinski definition) is 7. The Morgan fingerprint density at radius 1 is 0.585 bits per heavy atom. The van der Waals surface area contributed by atoms with Crippen LogP contribution in [-0.2, 0) is 55.0 Å². The van der Waals surface area contributed by atoms with Crippen LogP contribution in [0.5, 0.6) is 0 Å². The van der Waals surface area contributed by atoms with Crippen molar-refractivity contribution in [3.63, 3.8) is 0 Å². The monoisotopic (exact) mass is 1150 g/mol. The van der Waals surface area contributed by atoms with Crippen LogP contribution in [0.4, 0.5) is 35.1 Å². The fourth-order valence-electron chi connectivity index (χ4n) is 14.1. The van der Waals surface area contributed by atoms with Crippen LogP contribution in [-0.4, -0.2) is 48.2 Å². The maximum atomic E-state index is 15.4. The molecule has 0 amide bonds. The van der Waals surface area contributed by atoms with E-state index in [4.69, 9.17) is 13.6 Å². The Morgan fingerprint density at radius 3 is 1.45 bits per heavy atom. The van der Waals surface area contributed by atoms with E-state index in [0.29, 0.717) is 49.7 Å². The molecule has 6 atom stereocenters. The molecule has 432 valence electrons. The van der Waals surface area contributed by atoms with Crippen molar-refractivity contribution in [1.29, 1.82) is 0 Å². The average molecular weight is 1150 g/mol. The number of aromatic nitrogens is 4. The minimum Gasteiger partial charge on any atom is -0.380 e. The number of halogens is 8.